The van der Waals surface area contributed by atoms with E-state index >= 15 is 0 Å². The molecule has 2 amide bonds. The summed E-state index contributed by atoms with van der Waals surface area (Å²) in [4.78, 5) is 22.3. The van der Waals surface area contributed by atoms with Crippen LogP contribution in [0, 0.1) is 10.8 Å². The van der Waals surface area contributed by atoms with Crippen molar-refractivity contribution in [1.29, 1.82) is 0 Å². The van der Waals surface area contributed by atoms with Crippen molar-refractivity contribution in [1.82, 2.24) is 10.6 Å². The van der Waals surface area contributed by atoms with Crippen molar-refractivity contribution < 1.29 is 9.59 Å². The minimum atomic E-state index is -0.336. The number of amides is 2. The lowest BCUT2D eigenvalue weighted by Crippen LogP contribution is -2.45. The lowest BCUT2D eigenvalue weighted by atomic mass is 9.69. The molecule has 4 nitrogen and oxygen atoms in total. The molecule has 0 bridgehead atoms. The molecule has 0 atom stereocenters. The number of rotatable bonds is 5. The van der Waals surface area contributed by atoms with Gasteiger partial charge >= 0.3 is 0 Å². The van der Waals surface area contributed by atoms with Crippen LogP contribution in [-0.4, -0.2) is 30.8 Å². The zero-order valence-corrected chi connectivity index (χ0v) is 12.1. The van der Waals surface area contributed by atoms with Crippen molar-refractivity contribution in [2.45, 2.75) is 34.6 Å². The van der Waals surface area contributed by atoms with Crippen molar-refractivity contribution in [2.75, 3.05) is 19.0 Å². The molecule has 100 valence electrons. The van der Waals surface area contributed by atoms with Crippen LogP contribution in [0.2, 0.25) is 0 Å². The molecule has 0 spiro atoms. The Bertz CT molecular complexity index is 283. The second-order valence-electron chi connectivity index (χ2n) is 5.82. The fraction of sp³-hybridized carbons (Fsp3) is 0.833. The van der Waals surface area contributed by atoms with Crippen molar-refractivity contribution in [3.8, 4) is 0 Å². The van der Waals surface area contributed by atoms with Gasteiger partial charge in [0.2, 0.25) is 11.8 Å². The van der Waals surface area contributed by atoms with Crippen molar-refractivity contribution in [3.63, 3.8) is 0 Å². The largest absolute Gasteiger partial charge is 0.354 e. The first kappa shape index (κ1) is 16.2. The molecule has 0 saturated heterocycles. The Morgan fingerprint density at radius 1 is 1.00 bits per heavy atom. The van der Waals surface area contributed by atoms with Gasteiger partial charge in [0, 0.05) is 6.54 Å². The van der Waals surface area contributed by atoms with Gasteiger partial charge in [0.15, 0.2) is 0 Å². The number of halogens is 1. The molecule has 0 aromatic rings. The SMILES string of the molecule is CC(C)(C)C(C)(C)CNC(=O)CNC(=O)CCl. The maximum Gasteiger partial charge on any atom is 0.239 e. The van der Waals surface area contributed by atoms with E-state index in [1.54, 1.807) is 0 Å². The van der Waals surface area contributed by atoms with Crippen LogP contribution in [-0.2, 0) is 9.59 Å². The molecule has 0 rings (SSSR count). The molecule has 2 N–H and O–H groups in total. The lowest BCUT2D eigenvalue weighted by molar-refractivity contribution is -0.125. The Kier molecular flexibility index (Phi) is 5.96. The normalized spacial score (nSPS) is 12.1. The van der Waals surface area contributed by atoms with Gasteiger partial charge < -0.3 is 10.6 Å². The zero-order chi connectivity index (χ0) is 13.7. The van der Waals surface area contributed by atoms with Crippen LogP contribution in [0.4, 0.5) is 0 Å². The number of hydrogen-bond acceptors (Lipinski definition) is 2. The Hall–Kier alpha value is -0.770. The average Bonchev–Trinajstić information content (AvgIpc) is 2.21. The molecule has 0 aromatic carbocycles. The third kappa shape index (κ3) is 5.91. The molecular weight excluding hydrogens is 240 g/mol. The molecule has 0 aliphatic heterocycles. The smallest absolute Gasteiger partial charge is 0.239 e. The fourth-order valence-corrected chi connectivity index (χ4v) is 0.968. The highest BCUT2D eigenvalue weighted by atomic mass is 35.5. The quantitative estimate of drug-likeness (QED) is 0.739. The van der Waals surface area contributed by atoms with E-state index in [4.69, 9.17) is 11.6 Å². The van der Waals surface area contributed by atoms with Gasteiger partial charge in [-0.2, -0.15) is 0 Å². The molecule has 0 aliphatic carbocycles. The highest BCUT2D eigenvalue weighted by Crippen LogP contribution is 2.36. The summed E-state index contributed by atoms with van der Waals surface area (Å²) < 4.78 is 0. The van der Waals surface area contributed by atoms with Gasteiger partial charge in [-0.15, -0.1) is 11.6 Å². The molecule has 5 heteroatoms. The predicted molar refractivity (Wildman–Crippen MR) is 70.0 cm³/mol. The summed E-state index contributed by atoms with van der Waals surface area (Å²) in [6.45, 7) is 11.2. The van der Waals surface area contributed by atoms with Crippen molar-refractivity contribution >= 4 is 23.4 Å². The third-order valence-electron chi connectivity index (χ3n) is 3.33. The van der Waals surface area contributed by atoms with E-state index in [2.05, 4.69) is 45.3 Å². The van der Waals surface area contributed by atoms with Crippen molar-refractivity contribution in [2.24, 2.45) is 10.8 Å². The van der Waals surface area contributed by atoms with E-state index < -0.39 is 0 Å². The van der Waals surface area contributed by atoms with E-state index in [-0.39, 0.29) is 35.1 Å². The highest BCUT2D eigenvalue weighted by Gasteiger charge is 2.32. The van der Waals surface area contributed by atoms with Crippen LogP contribution in [0.1, 0.15) is 34.6 Å². The van der Waals surface area contributed by atoms with Crippen LogP contribution < -0.4 is 10.6 Å². The van der Waals surface area contributed by atoms with E-state index in [0.29, 0.717) is 6.54 Å². The van der Waals surface area contributed by atoms with Crippen LogP contribution in [0.25, 0.3) is 0 Å². The maximum absolute atomic E-state index is 11.5. The summed E-state index contributed by atoms with van der Waals surface area (Å²) in [6.07, 6.45) is 0. The van der Waals surface area contributed by atoms with E-state index in [1.807, 2.05) is 0 Å². The number of carbonyl (C=O) groups is 2. The number of alkyl halides is 1. The minimum Gasteiger partial charge on any atom is -0.354 e. The Morgan fingerprint density at radius 2 is 1.53 bits per heavy atom. The first-order chi connectivity index (χ1) is 7.60. The van der Waals surface area contributed by atoms with Crippen LogP contribution >= 0.6 is 11.6 Å². The standard InChI is InChI=1S/C12H23ClN2O2/c1-11(2,3)12(4,5)8-15-10(17)7-14-9(16)6-13/h6-8H2,1-5H3,(H,14,16)(H,15,17). The molecule has 0 saturated carbocycles. The first-order valence-corrected chi connectivity index (χ1v) is 6.23. The Labute approximate surface area is 108 Å². The number of hydrogen-bond donors (Lipinski definition) is 2. The second-order valence-corrected chi connectivity index (χ2v) is 6.09. The van der Waals surface area contributed by atoms with Gasteiger partial charge in [0.25, 0.3) is 0 Å². The molecule has 17 heavy (non-hydrogen) atoms. The fourth-order valence-electron chi connectivity index (χ4n) is 0.873. The first-order valence-electron chi connectivity index (χ1n) is 5.69. The third-order valence-corrected chi connectivity index (χ3v) is 3.57. The van der Waals surface area contributed by atoms with Gasteiger partial charge in [0.05, 0.1) is 6.54 Å². The van der Waals surface area contributed by atoms with Gasteiger partial charge in [-0.3, -0.25) is 9.59 Å². The Morgan fingerprint density at radius 3 is 1.94 bits per heavy atom. The molecule has 0 heterocycles. The summed E-state index contributed by atoms with van der Waals surface area (Å²) in [5.41, 5.74) is 0.0822. The molecule has 0 unspecified atom stereocenters. The lowest BCUT2D eigenvalue weighted by Gasteiger charge is -2.38. The van der Waals surface area contributed by atoms with Crippen molar-refractivity contribution in [3.05, 3.63) is 0 Å². The van der Waals surface area contributed by atoms with Gasteiger partial charge in [-0.05, 0) is 10.8 Å². The second kappa shape index (κ2) is 6.24. The van der Waals surface area contributed by atoms with Gasteiger partial charge in [-0.1, -0.05) is 34.6 Å². The summed E-state index contributed by atoms with van der Waals surface area (Å²) >= 11 is 5.30. The number of nitrogens with one attached hydrogen (secondary N) is 2. The zero-order valence-electron chi connectivity index (χ0n) is 11.3. The molecular formula is C12H23ClN2O2. The van der Waals surface area contributed by atoms with Gasteiger partial charge in [0.1, 0.15) is 5.88 Å². The van der Waals surface area contributed by atoms with E-state index in [1.165, 1.54) is 0 Å². The summed E-state index contributed by atoms with van der Waals surface area (Å²) in [7, 11) is 0. The maximum atomic E-state index is 11.5. The monoisotopic (exact) mass is 262 g/mol. The van der Waals surface area contributed by atoms with Crippen LogP contribution in [0.3, 0.4) is 0 Å². The number of carbonyl (C=O) groups excluding carboxylic acids is 2. The highest BCUT2D eigenvalue weighted by molar-refractivity contribution is 6.27. The van der Waals surface area contributed by atoms with E-state index in [0.717, 1.165) is 0 Å². The van der Waals surface area contributed by atoms with Crippen LogP contribution in [0.15, 0.2) is 0 Å². The topological polar surface area (TPSA) is 58.2 Å². The van der Waals surface area contributed by atoms with E-state index in [9.17, 15) is 9.59 Å². The van der Waals surface area contributed by atoms with Crippen LogP contribution in [0.5, 0.6) is 0 Å². The van der Waals surface area contributed by atoms with Gasteiger partial charge in [-0.25, -0.2) is 0 Å². The average molecular weight is 263 g/mol. The summed E-state index contributed by atoms with van der Waals surface area (Å²) in [6, 6.07) is 0. The molecule has 0 radical (unpaired) electrons. The summed E-state index contributed by atoms with van der Waals surface area (Å²) in [5.74, 6) is -0.654. The molecule has 0 aromatic heterocycles. The summed E-state index contributed by atoms with van der Waals surface area (Å²) in [5, 5.41) is 5.24. The minimum absolute atomic E-state index is 0.0147. The Balaban J connectivity index is 4.04. The molecule has 0 fully saturated rings. The molecule has 0 aliphatic rings. The predicted octanol–water partition coefficient (Wildman–Crippen LogP) is 1.53.